The van der Waals surface area contributed by atoms with E-state index in [2.05, 4.69) is 46.0 Å². The van der Waals surface area contributed by atoms with Crippen molar-refractivity contribution in [1.82, 2.24) is 0 Å². The summed E-state index contributed by atoms with van der Waals surface area (Å²) in [5.74, 6) is 0.923. The number of anilines is 1. The maximum Gasteiger partial charge on any atom is 0.0412 e. The van der Waals surface area contributed by atoms with Gasteiger partial charge in [-0.2, -0.15) is 0 Å². The quantitative estimate of drug-likeness (QED) is 0.893. The third-order valence-corrected chi connectivity index (χ3v) is 4.64. The molecule has 1 atom stereocenters. The number of nitrogens with two attached hydrogens (primary N) is 1. The molecule has 0 spiro atoms. The summed E-state index contributed by atoms with van der Waals surface area (Å²) in [6.07, 6.45) is 6.73. The Morgan fingerprint density at radius 2 is 2.16 bits per heavy atom. The van der Waals surface area contributed by atoms with E-state index in [1.54, 1.807) is 0 Å². The van der Waals surface area contributed by atoms with Crippen molar-refractivity contribution in [3.05, 3.63) is 28.2 Å². The van der Waals surface area contributed by atoms with E-state index in [-0.39, 0.29) is 0 Å². The minimum atomic E-state index is 0.615. The maximum atomic E-state index is 5.89. The number of nitrogens with zero attached hydrogens (tertiary/aromatic N) is 1. The summed E-state index contributed by atoms with van der Waals surface area (Å²) in [6.45, 7) is 5.27. The zero-order chi connectivity index (χ0) is 13.7. The predicted molar refractivity (Wildman–Crippen MR) is 86.5 cm³/mol. The summed E-state index contributed by atoms with van der Waals surface area (Å²) in [4.78, 5) is 2.53. The number of hydrogen-bond acceptors (Lipinski definition) is 2. The van der Waals surface area contributed by atoms with E-state index < -0.39 is 0 Å². The highest BCUT2D eigenvalue weighted by Crippen LogP contribution is 2.29. The molecule has 2 N–H and O–H groups in total. The molecule has 0 aliphatic carbocycles. The van der Waals surface area contributed by atoms with Gasteiger partial charge in [-0.05, 0) is 48.9 Å². The van der Waals surface area contributed by atoms with Gasteiger partial charge in [0.15, 0.2) is 0 Å². The van der Waals surface area contributed by atoms with Crippen molar-refractivity contribution >= 4 is 21.6 Å². The van der Waals surface area contributed by atoms with Crippen molar-refractivity contribution in [2.24, 2.45) is 11.7 Å². The van der Waals surface area contributed by atoms with Crippen LogP contribution in [0.3, 0.4) is 0 Å². The molecule has 19 heavy (non-hydrogen) atoms. The number of halogens is 1. The Bertz CT molecular complexity index is 406. The first-order chi connectivity index (χ1) is 9.24. The first-order valence-corrected chi connectivity index (χ1v) is 8.27. The molecule has 1 aromatic rings. The second-order valence-corrected chi connectivity index (χ2v) is 6.47. The van der Waals surface area contributed by atoms with Gasteiger partial charge in [0, 0.05) is 29.8 Å². The fourth-order valence-corrected chi connectivity index (χ4v) is 3.54. The largest absolute Gasteiger partial charge is 0.371 e. The molecule has 3 heteroatoms. The lowest BCUT2D eigenvalue weighted by Crippen LogP contribution is -2.25. The second kappa shape index (κ2) is 7.30. The van der Waals surface area contributed by atoms with Gasteiger partial charge >= 0.3 is 0 Å². The van der Waals surface area contributed by atoms with Crippen LogP contribution in [-0.2, 0) is 6.54 Å². The standard InChI is InChI=1S/C16H25BrN2/c1-2-4-13-5-3-9-19(10-8-13)16-7-6-15(17)11-14(16)12-18/h6-7,11,13H,2-5,8-10,12,18H2,1H3. The van der Waals surface area contributed by atoms with Gasteiger partial charge in [0.05, 0.1) is 0 Å². The van der Waals surface area contributed by atoms with Crippen LogP contribution in [0.4, 0.5) is 5.69 Å². The summed E-state index contributed by atoms with van der Waals surface area (Å²) in [5.41, 5.74) is 8.48. The molecule has 0 saturated carbocycles. The highest BCUT2D eigenvalue weighted by molar-refractivity contribution is 9.10. The molecular formula is C16H25BrN2. The average molecular weight is 325 g/mol. The van der Waals surface area contributed by atoms with Crippen molar-refractivity contribution < 1.29 is 0 Å². The smallest absolute Gasteiger partial charge is 0.0412 e. The molecule has 1 aromatic carbocycles. The Morgan fingerprint density at radius 3 is 2.89 bits per heavy atom. The van der Waals surface area contributed by atoms with Crippen LogP contribution < -0.4 is 10.6 Å². The first kappa shape index (κ1) is 14.9. The van der Waals surface area contributed by atoms with E-state index in [0.29, 0.717) is 6.54 Å². The van der Waals surface area contributed by atoms with Gasteiger partial charge in [0.2, 0.25) is 0 Å². The molecule has 2 nitrogen and oxygen atoms in total. The molecule has 1 fully saturated rings. The number of hydrogen-bond donors (Lipinski definition) is 1. The Morgan fingerprint density at radius 1 is 1.32 bits per heavy atom. The third kappa shape index (κ3) is 3.96. The molecule has 0 amide bonds. The van der Waals surface area contributed by atoms with Gasteiger partial charge in [-0.1, -0.05) is 35.7 Å². The lowest BCUT2D eigenvalue weighted by molar-refractivity contribution is 0.435. The molecule has 1 saturated heterocycles. The van der Waals surface area contributed by atoms with Crippen LogP contribution in [-0.4, -0.2) is 13.1 Å². The van der Waals surface area contributed by atoms with Crippen molar-refractivity contribution in [3.63, 3.8) is 0 Å². The molecule has 1 aliphatic rings. The average Bonchev–Trinajstić information content (AvgIpc) is 2.65. The third-order valence-electron chi connectivity index (χ3n) is 4.15. The summed E-state index contributed by atoms with van der Waals surface area (Å²) < 4.78 is 1.12. The van der Waals surface area contributed by atoms with Crippen LogP contribution >= 0.6 is 15.9 Å². The first-order valence-electron chi connectivity index (χ1n) is 7.48. The van der Waals surface area contributed by atoms with E-state index in [0.717, 1.165) is 10.4 Å². The topological polar surface area (TPSA) is 29.3 Å². The Kier molecular flexibility index (Phi) is 5.71. The molecule has 0 aromatic heterocycles. The minimum Gasteiger partial charge on any atom is -0.371 e. The van der Waals surface area contributed by atoms with Gasteiger partial charge in [-0.25, -0.2) is 0 Å². The molecule has 1 heterocycles. The zero-order valence-corrected chi connectivity index (χ0v) is 13.5. The van der Waals surface area contributed by atoms with Gasteiger partial charge in [-0.3, -0.25) is 0 Å². The van der Waals surface area contributed by atoms with Crippen LogP contribution in [0.25, 0.3) is 0 Å². The summed E-state index contributed by atoms with van der Waals surface area (Å²) in [5, 5.41) is 0. The van der Waals surface area contributed by atoms with Crippen LogP contribution in [0.5, 0.6) is 0 Å². The number of rotatable bonds is 4. The van der Waals surface area contributed by atoms with E-state index in [4.69, 9.17) is 5.73 Å². The molecule has 0 bridgehead atoms. The van der Waals surface area contributed by atoms with Crippen LogP contribution in [0.2, 0.25) is 0 Å². The van der Waals surface area contributed by atoms with Gasteiger partial charge in [0.25, 0.3) is 0 Å². The van der Waals surface area contributed by atoms with E-state index in [9.17, 15) is 0 Å². The highest BCUT2D eigenvalue weighted by atomic mass is 79.9. The molecule has 1 aliphatic heterocycles. The molecule has 1 unspecified atom stereocenters. The predicted octanol–water partition coefficient (Wildman–Crippen LogP) is 4.31. The fourth-order valence-electron chi connectivity index (χ4n) is 3.13. The maximum absolute atomic E-state index is 5.89. The summed E-state index contributed by atoms with van der Waals surface area (Å²) in [6, 6.07) is 6.50. The van der Waals surface area contributed by atoms with E-state index in [1.807, 2.05) is 0 Å². The zero-order valence-electron chi connectivity index (χ0n) is 11.9. The minimum absolute atomic E-state index is 0.615. The lowest BCUT2D eigenvalue weighted by atomic mass is 9.96. The van der Waals surface area contributed by atoms with Gasteiger partial charge < -0.3 is 10.6 Å². The molecule has 0 radical (unpaired) electrons. The van der Waals surface area contributed by atoms with Crippen LogP contribution in [0.15, 0.2) is 22.7 Å². The normalized spacial score (nSPS) is 20.4. The Balaban J connectivity index is 2.09. The summed E-state index contributed by atoms with van der Waals surface area (Å²) >= 11 is 3.53. The van der Waals surface area contributed by atoms with E-state index in [1.165, 1.54) is 56.4 Å². The van der Waals surface area contributed by atoms with Gasteiger partial charge in [-0.15, -0.1) is 0 Å². The van der Waals surface area contributed by atoms with Crippen LogP contribution in [0.1, 0.15) is 44.6 Å². The highest BCUT2D eigenvalue weighted by Gasteiger charge is 2.18. The number of benzene rings is 1. The summed E-state index contributed by atoms with van der Waals surface area (Å²) in [7, 11) is 0. The second-order valence-electron chi connectivity index (χ2n) is 5.55. The van der Waals surface area contributed by atoms with Crippen molar-refractivity contribution in [2.45, 2.75) is 45.6 Å². The van der Waals surface area contributed by atoms with Crippen molar-refractivity contribution in [3.8, 4) is 0 Å². The fraction of sp³-hybridized carbons (Fsp3) is 0.625. The van der Waals surface area contributed by atoms with E-state index >= 15 is 0 Å². The lowest BCUT2D eigenvalue weighted by Gasteiger charge is -2.25. The Hall–Kier alpha value is -0.540. The monoisotopic (exact) mass is 324 g/mol. The molecule has 106 valence electrons. The van der Waals surface area contributed by atoms with Crippen molar-refractivity contribution in [1.29, 1.82) is 0 Å². The van der Waals surface area contributed by atoms with Gasteiger partial charge in [0.1, 0.15) is 0 Å². The SMILES string of the molecule is CCCC1CCCN(c2ccc(Br)cc2CN)CC1. The van der Waals surface area contributed by atoms with Crippen molar-refractivity contribution in [2.75, 3.05) is 18.0 Å². The Labute approximate surface area is 125 Å². The molecular weight excluding hydrogens is 300 g/mol. The molecule has 2 rings (SSSR count). The van der Waals surface area contributed by atoms with Crippen LogP contribution in [0, 0.1) is 5.92 Å².